The maximum atomic E-state index is 12.2. The van der Waals surface area contributed by atoms with Crippen LogP contribution in [0.15, 0.2) is 45.9 Å². The number of nitrogens with one attached hydrogen (secondary N) is 1. The topological polar surface area (TPSA) is 102 Å². The van der Waals surface area contributed by atoms with E-state index in [9.17, 15) is 18.5 Å². The number of hydrogen-bond acceptors (Lipinski definition) is 5. The van der Waals surface area contributed by atoms with Crippen LogP contribution in [0.4, 0.5) is 11.5 Å². The van der Waals surface area contributed by atoms with E-state index in [1.807, 2.05) is 0 Å². The molecule has 2 rings (SSSR count). The van der Waals surface area contributed by atoms with Crippen LogP contribution in [0, 0.1) is 17.0 Å². The molecular formula is C12H10BrN3O4S. The molecule has 2 aromatic rings. The van der Waals surface area contributed by atoms with E-state index in [-0.39, 0.29) is 16.4 Å². The zero-order valence-corrected chi connectivity index (χ0v) is 13.2. The van der Waals surface area contributed by atoms with Crippen LogP contribution in [0.25, 0.3) is 0 Å². The van der Waals surface area contributed by atoms with Crippen molar-refractivity contribution in [3.63, 3.8) is 0 Å². The Bertz CT molecular complexity index is 791. The SMILES string of the molecule is Cc1ccc(S(=O)(=O)Nc2ccc(Br)cn2)cc1[N+](=O)[O-]. The summed E-state index contributed by atoms with van der Waals surface area (Å²) < 4.78 is 27.3. The van der Waals surface area contributed by atoms with Gasteiger partial charge >= 0.3 is 0 Å². The first-order chi connectivity index (χ1) is 9.79. The molecule has 0 atom stereocenters. The first kappa shape index (κ1) is 15.4. The van der Waals surface area contributed by atoms with Crippen molar-refractivity contribution in [1.29, 1.82) is 0 Å². The lowest BCUT2D eigenvalue weighted by molar-refractivity contribution is -0.385. The highest BCUT2D eigenvalue weighted by Crippen LogP contribution is 2.23. The van der Waals surface area contributed by atoms with Gasteiger partial charge in [0.05, 0.1) is 9.82 Å². The van der Waals surface area contributed by atoms with Crippen molar-refractivity contribution in [2.45, 2.75) is 11.8 Å². The third kappa shape index (κ3) is 3.56. The molecule has 1 heterocycles. The van der Waals surface area contributed by atoms with Gasteiger partial charge in [0.1, 0.15) is 5.82 Å². The van der Waals surface area contributed by atoms with Gasteiger partial charge in [-0.05, 0) is 41.1 Å². The zero-order chi connectivity index (χ0) is 15.6. The summed E-state index contributed by atoms with van der Waals surface area (Å²) in [5, 5.41) is 10.9. The van der Waals surface area contributed by atoms with Crippen molar-refractivity contribution in [2.75, 3.05) is 4.72 Å². The van der Waals surface area contributed by atoms with Crippen molar-refractivity contribution in [1.82, 2.24) is 4.98 Å². The monoisotopic (exact) mass is 371 g/mol. The summed E-state index contributed by atoms with van der Waals surface area (Å²) in [7, 11) is -3.93. The quantitative estimate of drug-likeness (QED) is 0.657. The van der Waals surface area contributed by atoms with Crippen molar-refractivity contribution in [3.8, 4) is 0 Å². The Balaban J connectivity index is 2.38. The lowest BCUT2D eigenvalue weighted by Crippen LogP contribution is -2.14. The Kier molecular flexibility index (Phi) is 4.24. The van der Waals surface area contributed by atoms with Gasteiger partial charge in [0.2, 0.25) is 0 Å². The number of anilines is 1. The highest BCUT2D eigenvalue weighted by atomic mass is 79.9. The average Bonchev–Trinajstić information content (AvgIpc) is 2.41. The fourth-order valence-electron chi connectivity index (χ4n) is 1.59. The van der Waals surface area contributed by atoms with E-state index in [2.05, 4.69) is 25.6 Å². The third-order valence-corrected chi connectivity index (χ3v) is 4.48. The van der Waals surface area contributed by atoms with Crippen LogP contribution in [0.5, 0.6) is 0 Å². The Morgan fingerprint density at radius 2 is 2.00 bits per heavy atom. The molecule has 0 saturated carbocycles. The molecule has 110 valence electrons. The minimum absolute atomic E-state index is 0.126. The summed E-state index contributed by atoms with van der Waals surface area (Å²) in [5.41, 5.74) is 0.141. The highest BCUT2D eigenvalue weighted by Gasteiger charge is 2.20. The fourth-order valence-corrected chi connectivity index (χ4v) is 2.85. The first-order valence-electron chi connectivity index (χ1n) is 5.69. The van der Waals surface area contributed by atoms with Crippen molar-refractivity contribution in [2.24, 2.45) is 0 Å². The number of aryl methyl sites for hydroxylation is 1. The second kappa shape index (κ2) is 5.78. The first-order valence-corrected chi connectivity index (χ1v) is 7.96. The number of hydrogen-bond donors (Lipinski definition) is 1. The van der Waals surface area contributed by atoms with Crippen LogP contribution < -0.4 is 4.72 Å². The van der Waals surface area contributed by atoms with Crippen molar-refractivity contribution in [3.05, 3.63) is 56.7 Å². The summed E-state index contributed by atoms with van der Waals surface area (Å²) in [6.07, 6.45) is 1.44. The Hall–Kier alpha value is -2.00. The van der Waals surface area contributed by atoms with Crippen LogP contribution in [0.2, 0.25) is 0 Å². The van der Waals surface area contributed by atoms with Crippen LogP contribution in [-0.4, -0.2) is 18.3 Å². The second-order valence-corrected chi connectivity index (χ2v) is 6.77. The van der Waals surface area contributed by atoms with Crippen LogP contribution >= 0.6 is 15.9 Å². The molecule has 7 nitrogen and oxygen atoms in total. The van der Waals surface area contributed by atoms with Gasteiger partial charge < -0.3 is 0 Å². The lowest BCUT2D eigenvalue weighted by atomic mass is 10.2. The molecule has 0 spiro atoms. The molecule has 0 aliphatic heterocycles. The molecule has 21 heavy (non-hydrogen) atoms. The van der Waals surface area contributed by atoms with E-state index >= 15 is 0 Å². The van der Waals surface area contributed by atoms with Gasteiger partial charge in [-0.1, -0.05) is 6.07 Å². The van der Waals surface area contributed by atoms with Gasteiger partial charge in [-0.2, -0.15) is 0 Å². The predicted octanol–water partition coefficient (Wildman–Crippen LogP) is 2.86. The van der Waals surface area contributed by atoms with Gasteiger partial charge in [0.25, 0.3) is 15.7 Å². The van der Waals surface area contributed by atoms with Gasteiger partial charge in [0.15, 0.2) is 0 Å². The molecule has 0 fully saturated rings. The average molecular weight is 372 g/mol. The van der Waals surface area contributed by atoms with Crippen molar-refractivity contribution < 1.29 is 13.3 Å². The predicted molar refractivity (Wildman–Crippen MR) is 80.6 cm³/mol. The molecule has 1 aromatic carbocycles. The van der Waals surface area contributed by atoms with Gasteiger partial charge in [0, 0.05) is 22.3 Å². The second-order valence-electron chi connectivity index (χ2n) is 4.17. The molecule has 0 radical (unpaired) electrons. The molecule has 1 N–H and O–H groups in total. The van der Waals surface area contributed by atoms with Crippen LogP contribution in [0.3, 0.4) is 0 Å². The van der Waals surface area contributed by atoms with E-state index < -0.39 is 14.9 Å². The van der Waals surface area contributed by atoms with E-state index in [0.29, 0.717) is 10.0 Å². The number of rotatable bonds is 4. The van der Waals surface area contributed by atoms with E-state index in [1.165, 1.54) is 31.3 Å². The van der Waals surface area contributed by atoms with E-state index in [4.69, 9.17) is 0 Å². The molecule has 0 bridgehead atoms. The van der Waals surface area contributed by atoms with Crippen LogP contribution in [-0.2, 0) is 10.0 Å². The van der Waals surface area contributed by atoms with E-state index in [0.717, 1.165) is 6.07 Å². The standard InChI is InChI=1S/C12H10BrN3O4S/c1-8-2-4-10(6-11(8)16(17)18)21(19,20)15-12-5-3-9(13)7-14-12/h2-7H,1H3,(H,14,15). The van der Waals surface area contributed by atoms with Gasteiger partial charge in [-0.15, -0.1) is 0 Å². The number of sulfonamides is 1. The zero-order valence-electron chi connectivity index (χ0n) is 10.8. The van der Waals surface area contributed by atoms with Crippen molar-refractivity contribution >= 4 is 37.5 Å². The van der Waals surface area contributed by atoms with Gasteiger partial charge in [-0.25, -0.2) is 13.4 Å². The molecule has 1 aromatic heterocycles. The lowest BCUT2D eigenvalue weighted by Gasteiger charge is -2.08. The third-order valence-electron chi connectivity index (χ3n) is 2.65. The summed E-state index contributed by atoms with van der Waals surface area (Å²) in [5.74, 6) is 0.126. The smallest absolute Gasteiger partial charge is 0.263 e. The maximum absolute atomic E-state index is 12.2. The number of pyridine rings is 1. The molecule has 0 amide bonds. The fraction of sp³-hybridized carbons (Fsp3) is 0.0833. The molecule has 0 unspecified atom stereocenters. The maximum Gasteiger partial charge on any atom is 0.273 e. The normalized spacial score (nSPS) is 11.1. The Morgan fingerprint density at radius 3 is 2.57 bits per heavy atom. The van der Waals surface area contributed by atoms with E-state index in [1.54, 1.807) is 6.07 Å². The number of benzene rings is 1. The highest BCUT2D eigenvalue weighted by molar-refractivity contribution is 9.10. The largest absolute Gasteiger partial charge is 0.273 e. The van der Waals surface area contributed by atoms with Gasteiger partial charge in [-0.3, -0.25) is 14.8 Å². The van der Waals surface area contributed by atoms with Crippen LogP contribution in [0.1, 0.15) is 5.56 Å². The molecule has 0 aliphatic rings. The minimum atomic E-state index is -3.93. The summed E-state index contributed by atoms with van der Waals surface area (Å²) in [4.78, 5) is 14.0. The number of aromatic nitrogens is 1. The minimum Gasteiger partial charge on any atom is -0.263 e. The Morgan fingerprint density at radius 1 is 1.29 bits per heavy atom. The molecule has 0 saturated heterocycles. The number of nitrogens with zero attached hydrogens (tertiary/aromatic N) is 2. The summed E-state index contributed by atoms with van der Waals surface area (Å²) in [6.45, 7) is 1.54. The molecular weight excluding hydrogens is 362 g/mol. The summed E-state index contributed by atoms with van der Waals surface area (Å²) in [6, 6.07) is 6.83. The molecule has 9 heteroatoms. The number of nitro benzene ring substituents is 1. The number of halogens is 1. The Labute approximate surface area is 129 Å². The summed E-state index contributed by atoms with van der Waals surface area (Å²) >= 11 is 3.19. The molecule has 0 aliphatic carbocycles. The number of nitro groups is 1.